The molecule has 1 heterocycles. The van der Waals surface area contributed by atoms with Crippen molar-refractivity contribution in [2.24, 2.45) is 0 Å². The van der Waals surface area contributed by atoms with Crippen molar-refractivity contribution in [1.29, 1.82) is 0 Å². The van der Waals surface area contributed by atoms with Gasteiger partial charge >= 0.3 is 5.97 Å². The third kappa shape index (κ3) is 2.03. The fraction of sp³-hybridized carbons (Fsp3) is 0.286. The molecule has 0 aliphatic heterocycles. The van der Waals surface area contributed by atoms with Crippen molar-refractivity contribution in [3.63, 3.8) is 0 Å². The highest BCUT2D eigenvalue weighted by atomic mass is 32.1. The molecular weight excluding hydrogens is 164 g/mol. The molecule has 0 saturated heterocycles. The Morgan fingerprint density at radius 1 is 1.64 bits per heavy atom. The van der Waals surface area contributed by atoms with Gasteiger partial charge in [-0.3, -0.25) is 0 Å². The third-order valence-corrected chi connectivity index (χ3v) is 2.23. The first-order valence-electron chi connectivity index (χ1n) is 3.15. The van der Waals surface area contributed by atoms with Gasteiger partial charge < -0.3 is 10.2 Å². The standard InChI is InChI=1S/C7H8O3S/c8-2-1-5-3-6(7(9)10)11-4-5/h3-4,8H,1-2H2,(H,9,10). The van der Waals surface area contributed by atoms with Gasteiger partial charge in [-0.25, -0.2) is 4.79 Å². The summed E-state index contributed by atoms with van der Waals surface area (Å²) in [7, 11) is 0. The largest absolute Gasteiger partial charge is 0.477 e. The predicted octanol–water partition coefficient (Wildman–Crippen LogP) is 0.981. The monoisotopic (exact) mass is 172 g/mol. The van der Waals surface area contributed by atoms with Crippen LogP contribution in [0.3, 0.4) is 0 Å². The topological polar surface area (TPSA) is 57.5 Å². The van der Waals surface area contributed by atoms with E-state index in [1.807, 2.05) is 0 Å². The van der Waals surface area contributed by atoms with Crippen LogP contribution in [0.5, 0.6) is 0 Å². The first-order valence-corrected chi connectivity index (χ1v) is 4.03. The van der Waals surface area contributed by atoms with Crippen molar-refractivity contribution in [2.75, 3.05) is 6.61 Å². The van der Waals surface area contributed by atoms with E-state index in [4.69, 9.17) is 10.2 Å². The number of carboxylic acids is 1. The number of thiophene rings is 1. The molecule has 1 rings (SSSR count). The van der Waals surface area contributed by atoms with Crippen LogP contribution in [-0.4, -0.2) is 22.8 Å². The lowest BCUT2D eigenvalue weighted by Crippen LogP contribution is -1.91. The summed E-state index contributed by atoms with van der Waals surface area (Å²) in [5.41, 5.74) is 0.884. The molecule has 0 aromatic carbocycles. The summed E-state index contributed by atoms with van der Waals surface area (Å²) in [6.07, 6.45) is 0.532. The second-order valence-electron chi connectivity index (χ2n) is 2.10. The Labute approximate surface area is 67.9 Å². The second-order valence-corrected chi connectivity index (χ2v) is 3.01. The zero-order valence-electron chi connectivity index (χ0n) is 5.78. The van der Waals surface area contributed by atoms with Crippen molar-refractivity contribution in [3.05, 3.63) is 21.9 Å². The van der Waals surface area contributed by atoms with Crippen molar-refractivity contribution in [1.82, 2.24) is 0 Å². The molecule has 0 spiro atoms. The molecule has 1 aromatic heterocycles. The lowest BCUT2D eigenvalue weighted by Gasteiger charge is -1.87. The van der Waals surface area contributed by atoms with Crippen LogP contribution in [0, 0.1) is 0 Å². The summed E-state index contributed by atoms with van der Waals surface area (Å²) in [5, 5.41) is 18.8. The molecule has 60 valence electrons. The third-order valence-electron chi connectivity index (χ3n) is 1.27. The Balaban J connectivity index is 2.73. The number of hydrogen-bond donors (Lipinski definition) is 2. The predicted molar refractivity (Wildman–Crippen MR) is 42.1 cm³/mol. The van der Waals surface area contributed by atoms with Crippen LogP contribution >= 0.6 is 11.3 Å². The first kappa shape index (κ1) is 8.23. The Hall–Kier alpha value is -0.870. The summed E-state index contributed by atoms with van der Waals surface area (Å²) in [6, 6.07) is 1.59. The molecule has 2 N–H and O–H groups in total. The van der Waals surface area contributed by atoms with Crippen LogP contribution in [0.2, 0.25) is 0 Å². The molecule has 0 aliphatic rings. The van der Waals surface area contributed by atoms with Crippen LogP contribution in [0.1, 0.15) is 15.2 Å². The molecule has 0 radical (unpaired) electrons. The van der Waals surface area contributed by atoms with Crippen molar-refractivity contribution < 1.29 is 15.0 Å². The number of aliphatic hydroxyl groups excluding tert-OH is 1. The Bertz CT molecular complexity index is 254. The maximum Gasteiger partial charge on any atom is 0.345 e. The van der Waals surface area contributed by atoms with E-state index in [0.717, 1.165) is 5.56 Å². The highest BCUT2D eigenvalue weighted by Gasteiger charge is 2.05. The van der Waals surface area contributed by atoms with E-state index in [2.05, 4.69) is 0 Å². The summed E-state index contributed by atoms with van der Waals surface area (Å²) in [6.45, 7) is 0.0653. The van der Waals surface area contributed by atoms with E-state index >= 15 is 0 Å². The fourth-order valence-electron chi connectivity index (χ4n) is 0.748. The first-order chi connectivity index (χ1) is 5.24. The van der Waals surface area contributed by atoms with Gasteiger partial charge in [-0.05, 0) is 23.4 Å². The number of aromatic carboxylic acids is 1. The van der Waals surface area contributed by atoms with E-state index in [1.54, 1.807) is 11.4 Å². The van der Waals surface area contributed by atoms with Gasteiger partial charge in [0.05, 0.1) is 0 Å². The maximum atomic E-state index is 10.4. The normalized spacial score (nSPS) is 9.91. The average molecular weight is 172 g/mol. The van der Waals surface area contributed by atoms with Crippen molar-refractivity contribution >= 4 is 17.3 Å². The molecule has 0 saturated carbocycles. The summed E-state index contributed by atoms with van der Waals surface area (Å²) in [4.78, 5) is 10.7. The van der Waals surface area contributed by atoms with Gasteiger partial charge in [-0.15, -0.1) is 11.3 Å². The van der Waals surface area contributed by atoms with E-state index in [-0.39, 0.29) is 6.61 Å². The van der Waals surface area contributed by atoms with E-state index < -0.39 is 5.97 Å². The van der Waals surface area contributed by atoms with Gasteiger partial charge in [0.15, 0.2) is 0 Å². The minimum Gasteiger partial charge on any atom is -0.477 e. The van der Waals surface area contributed by atoms with Gasteiger partial charge in [0.25, 0.3) is 0 Å². The molecular formula is C7H8O3S. The molecule has 0 amide bonds. The molecule has 4 heteroatoms. The Kier molecular flexibility index (Phi) is 2.62. The van der Waals surface area contributed by atoms with Gasteiger partial charge in [0.1, 0.15) is 4.88 Å². The zero-order chi connectivity index (χ0) is 8.27. The van der Waals surface area contributed by atoms with Crippen molar-refractivity contribution in [3.8, 4) is 0 Å². The summed E-state index contributed by atoms with van der Waals surface area (Å²) >= 11 is 1.19. The second kappa shape index (κ2) is 3.50. The van der Waals surface area contributed by atoms with E-state index in [9.17, 15) is 4.79 Å². The smallest absolute Gasteiger partial charge is 0.345 e. The summed E-state index contributed by atoms with van der Waals surface area (Å²) < 4.78 is 0. The maximum absolute atomic E-state index is 10.4. The Morgan fingerprint density at radius 2 is 2.36 bits per heavy atom. The lowest BCUT2D eigenvalue weighted by atomic mass is 10.2. The van der Waals surface area contributed by atoms with E-state index in [0.29, 0.717) is 11.3 Å². The molecule has 0 aliphatic carbocycles. The molecule has 3 nitrogen and oxygen atoms in total. The number of hydrogen-bond acceptors (Lipinski definition) is 3. The lowest BCUT2D eigenvalue weighted by molar-refractivity contribution is 0.0702. The van der Waals surface area contributed by atoms with Crippen LogP contribution in [0.25, 0.3) is 0 Å². The van der Waals surface area contributed by atoms with Gasteiger partial charge in [-0.1, -0.05) is 0 Å². The molecule has 0 atom stereocenters. The number of aliphatic hydroxyl groups is 1. The molecule has 1 aromatic rings. The minimum absolute atomic E-state index is 0.0653. The quantitative estimate of drug-likeness (QED) is 0.714. The van der Waals surface area contributed by atoms with E-state index in [1.165, 1.54) is 11.3 Å². The number of carbonyl (C=O) groups is 1. The highest BCUT2D eigenvalue weighted by Crippen LogP contribution is 2.14. The van der Waals surface area contributed by atoms with Crippen LogP contribution in [-0.2, 0) is 6.42 Å². The SMILES string of the molecule is O=C(O)c1cc(CCO)cs1. The van der Waals surface area contributed by atoms with Gasteiger partial charge in [-0.2, -0.15) is 0 Å². The van der Waals surface area contributed by atoms with Crippen molar-refractivity contribution in [2.45, 2.75) is 6.42 Å². The molecule has 0 fully saturated rings. The number of rotatable bonds is 3. The molecule has 11 heavy (non-hydrogen) atoms. The molecule has 0 bridgehead atoms. The summed E-state index contributed by atoms with van der Waals surface area (Å²) in [5.74, 6) is -0.904. The van der Waals surface area contributed by atoms with Crippen LogP contribution in [0.4, 0.5) is 0 Å². The minimum atomic E-state index is -0.904. The molecule has 0 unspecified atom stereocenters. The zero-order valence-corrected chi connectivity index (χ0v) is 6.60. The number of carboxylic acid groups (broad SMARTS) is 1. The van der Waals surface area contributed by atoms with Crippen LogP contribution in [0.15, 0.2) is 11.4 Å². The fourth-order valence-corrected chi connectivity index (χ4v) is 1.53. The highest BCUT2D eigenvalue weighted by molar-refractivity contribution is 7.12. The average Bonchev–Trinajstić information content (AvgIpc) is 2.37. The van der Waals surface area contributed by atoms with Crippen LogP contribution < -0.4 is 0 Å². The Morgan fingerprint density at radius 3 is 2.82 bits per heavy atom. The van der Waals surface area contributed by atoms with Gasteiger partial charge in [0, 0.05) is 6.61 Å². The van der Waals surface area contributed by atoms with Gasteiger partial charge in [0.2, 0.25) is 0 Å².